The van der Waals surface area contributed by atoms with Crippen LogP contribution in [0.3, 0.4) is 0 Å². The molecule has 5 nitrogen and oxygen atoms in total. The molecule has 0 spiro atoms. The summed E-state index contributed by atoms with van der Waals surface area (Å²) in [6, 6.07) is 0. The number of hydrogen-bond donors (Lipinski definition) is 3. The SMILES string of the molecule is C[C@H](CCC(=O)NCCCCN1CCCC1)[C@H]1CC[C@H]2[C@@H]3[C@@H](O)CC4C[C@H](O)CC[C@]4(C)[C@H]3CC[C@]12C. The molecule has 1 unspecified atom stereocenters. The molecule has 5 heteroatoms. The number of unbranched alkanes of at least 4 members (excludes halogenated alkanes) is 1. The van der Waals surface area contributed by atoms with Gasteiger partial charge < -0.3 is 20.4 Å². The Morgan fingerprint density at radius 1 is 0.973 bits per heavy atom. The van der Waals surface area contributed by atoms with Gasteiger partial charge in [-0.25, -0.2) is 0 Å². The van der Waals surface area contributed by atoms with Gasteiger partial charge in [0.2, 0.25) is 5.91 Å². The topological polar surface area (TPSA) is 72.8 Å². The molecule has 1 amide bonds. The molecule has 0 radical (unpaired) electrons. The van der Waals surface area contributed by atoms with E-state index in [1.807, 2.05) is 0 Å². The fourth-order valence-corrected chi connectivity index (χ4v) is 10.5. The van der Waals surface area contributed by atoms with Crippen molar-refractivity contribution in [2.45, 2.75) is 123 Å². The van der Waals surface area contributed by atoms with Crippen molar-refractivity contribution in [3.05, 3.63) is 0 Å². The second kappa shape index (κ2) is 11.5. The first kappa shape index (κ1) is 27.9. The molecule has 37 heavy (non-hydrogen) atoms. The van der Waals surface area contributed by atoms with E-state index in [-0.39, 0.29) is 18.1 Å². The number of nitrogens with one attached hydrogen (secondary N) is 1. The third kappa shape index (κ3) is 5.53. The van der Waals surface area contributed by atoms with Gasteiger partial charge >= 0.3 is 0 Å². The van der Waals surface area contributed by atoms with Crippen molar-refractivity contribution in [1.82, 2.24) is 10.2 Å². The molecule has 212 valence electrons. The molecule has 4 saturated carbocycles. The molecule has 4 aliphatic carbocycles. The number of rotatable bonds is 9. The van der Waals surface area contributed by atoms with Crippen molar-refractivity contribution < 1.29 is 15.0 Å². The predicted molar refractivity (Wildman–Crippen MR) is 149 cm³/mol. The van der Waals surface area contributed by atoms with Gasteiger partial charge in [-0.1, -0.05) is 20.8 Å². The highest BCUT2D eigenvalue weighted by Crippen LogP contribution is 2.68. The Labute approximate surface area is 226 Å². The number of nitrogens with zero attached hydrogens (tertiary/aromatic N) is 1. The molecule has 5 fully saturated rings. The van der Waals surface area contributed by atoms with E-state index < -0.39 is 0 Å². The largest absolute Gasteiger partial charge is 0.393 e. The molecule has 10 atom stereocenters. The van der Waals surface area contributed by atoms with Crippen molar-refractivity contribution in [3.63, 3.8) is 0 Å². The second-order valence-corrected chi connectivity index (χ2v) is 14.6. The third-order valence-corrected chi connectivity index (χ3v) is 12.7. The van der Waals surface area contributed by atoms with E-state index in [0.717, 1.165) is 45.1 Å². The highest BCUT2D eigenvalue weighted by Gasteiger charge is 2.62. The summed E-state index contributed by atoms with van der Waals surface area (Å²) in [4.78, 5) is 15.1. The van der Waals surface area contributed by atoms with Crippen LogP contribution < -0.4 is 5.32 Å². The van der Waals surface area contributed by atoms with Crippen LogP contribution in [0.15, 0.2) is 0 Å². The van der Waals surface area contributed by atoms with Gasteiger partial charge in [0.05, 0.1) is 12.2 Å². The fraction of sp³-hybridized carbons (Fsp3) is 0.969. The van der Waals surface area contributed by atoms with Gasteiger partial charge in [0.1, 0.15) is 0 Å². The number of amides is 1. The lowest BCUT2D eigenvalue weighted by Crippen LogP contribution is -2.58. The van der Waals surface area contributed by atoms with Crippen LogP contribution in [0.1, 0.15) is 111 Å². The molecule has 5 rings (SSSR count). The summed E-state index contributed by atoms with van der Waals surface area (Å²) in [5.41, 5.74) is 0.589. The average molecular weight is 517 g/mol. The molecule has 0 aromatic rings. The summed E-state index contributed by atoms with van der Waals surface area (Å²) in [6.45, 7) is 12.0. The molecule has 5 aliphatic rings. The molecule has 0 aromatic carbocycles. The zero-order valence-corrected chi connectivity index (χ0v) is 24.1. The average Bonchev–Trinajstić information content (AvgIpc) is 3.51. The van der Waals surface area contributed by atoms with Crippen LogP contribution in [-0.2, 0) is 4.79 Å². The maximum atomic E-state index is 12.6. The van der Waals surface area contributed by atoms with E-state index in [1.54, 1.807) is 0 Å². The number of hydrogen-bond acceptors (Lipinski definition) is 4. The summed E-state index contributed by atoms with van der Waals surface area (Å²) >= 11 is 0. The van der Waals surface area contributed by atoms with Crippen LogP contribution in [0.25, 0.3) is 0 Å². The first-order valence-electron chi connectivity index (χ1n) is 16.1. The molecule has 0 aromatic heterocycles. The van der Waals surface area contributed by atoms with Crippen molar-refractivity contribution in [2.24, 2.45) is 46.3 Å². The quantitative estimate of drug-likeness (QED) is 0.360. The summed E-state index contributed by atoms with van der Waals surface area (Å²) in [5, 5.41) is 25.0. The zero-order chi connectivity index (χ0) is 26.2. The lowest BCUT2D eigenvalue weighted by Gasteiger charge is -2.62. The van der Waals surface area contributed by atoms with Crippen LogP contribution in [0.2, 0.25) is 0 Å². The molecule has 0 bridgehead atoms. The lowest BCUT2D eigenvalue weighted by molar-refractivity contribution is -0.174. The maximum Gasteiger partial charge on any atom is 0.220 e. The van der Waals surface area contributed by atoms with Crippen LogP contribution >= 0.6 is 0 Å². The number of aliphatic hydroxyl groups excluding tert-OH is 2. The molecular formula is C32H56N2O3. The molecule has 1 aliphatic heterocycles. The Hall–Kier alpha value is -0.650. The van der Waals surface area contributed by atoms with Gasteiger partial charge in [0.15, 0.2) is 0 Å². The van der Waals surface area contributed by atoms with Crippen LogP contribution in [0.5, 0.6) is 0 Å². The van der Waals surface area contributed by atoms with Gasteiger partial charge in [0, 0.05) is 13.0 Å². The zero-order valence-electron chi connectivity index (χ0n) is 24.1. The van der Waals surface area contributed by atoms with E-state index in [9.17, 15) is 15.0 Å². The van der Waals surface area contributed by atoms with Crippen molar-refractivity contribution >= 4 is 5.91 Å². The van der Waals surface area contributed by atoms with Crippen molar-refractivity contribution in [3.8, 4) is 0 Å². The van der Waals surface area contributed by atoms with Gasteiger partial charge in [-0.3, -0.25) is 4.79 Å². The monoisotopic (exact) mass is 516 g/mol. The van der Waals surface area contributed by atoms with Crippen LogP contribution in [0, 0.1) is 46.3 Å². The Morgan fingerprint density at radius 2 is 1.70 bits per heavy atom. The number of likely N-dealkylation sites (tertiary alicyclic amines) is 1. The lowest BCUT2D eigenvalue weighted by atomic mass is 9.43. The summed E-state index contributed by atoms with van der Waals surface area (Å²) in [5.74, 6) is 3.58. The molecule has 1 saturated heterocycles. The number of carbonyl (C=O) groups is 1. The van der Waals surface area contributed by atoms with Crippen LogP contribution in [0.4, 0.5) is 0 Å². The van der Waals surface area contributed by atoms with Crippen LogP contribution in [-0.4, -0.2) is 59.4 Å². The highest BCUT2D eigenvalue weighted by atomic mass is 16.3. The van der Waals surface area contributed by atoms with E-state index >= 15 is 0 Å². The Kier molecular flexibility index (Phi) is 8.64. The smallest absolute Gasteiger partial charge is 0.220 e. The van der Waals surface area contributed by atoms with Gasteiger partial charge in [-0.15, -0.1) is 0 Å². The summed E-state index contributed by atoms with van der Waals surface area (Å²) in [7, 11) is 0. The van der Waals surface area contributed by atoms with E-state index in [4.69, 9.17) is 0 Å². The molecule has 1 heterocycles. The van der Waals surface area contributed by atoms with E-state index in [2.05, 4.69) is 31.0 Å². The Balaban J connectivity index is 1.11. The van der Waals surface area contributed by atoms with Crippen molar-refractivity contribution in [2.75, 3.05) is 26.2 Å². The molecule has 3 N–H and O–H groups in total. The number of fused-ring (bicyclic) bond motifs is 5. The van der Waals surface area contributed by atoms with E-state index in [1.165, 1.54) is 64.6 Å². The standard InChI is InChI=1S/C32H56N2O3/c1-22(8-11-29(37)33-16-4-5-17-34-18-6-7-19-34)25-9-10-26-30-27(13-15-32(25,26)3)31(2)14-12-24(35)20-23(31)21-28(30)36/h22-28,30,35-36H,4-21H2,1-3H3,(H,33,37)/t22-,23?,24-,25-,26+,27+,28+,30+,31+,32-/m1/s1. The van der Waals surface area contributed by atoms with Crippen molar-refractivity contribution in [1.29, 1.82) is 0 Å². The Bertz CT molecular complexity index is 784. The van der Waals surface area contributed by atoms with Gasteiger partial charge in [-0.05, 0) is 149 Å². The van der Waals surface area contributed by atoms with Gasteiger partial charge in [-0.2, -0.15) is 0 Å². The minimum absolute atomic E-state index is 0.167. The maximum absolute atomic E-state index is 12.6. The summed E-state index contributed by atoms with van der Waals surface area (Å²) < 4.78 is 0. The normalized spacial score (nSPS) is 44.6. The predicted octanol–water partition coefficient (Wildman–Crippen LogP) is 5.39. The summed E-state index contributed by atoms with van der Waals surface area (Å²) in [6.07, 6.45) is 15.1. The first-order valence-corrected chi connectivity index (χ1v) is 16.1. The van der Waals surface area contributed by atoms with Gasteiger partial charge in [0.25, 0.3) is 0 Å². The second-order valence-electron chi connectivity index (χ2n) is 14.6. The molecular weight excluding hydrogens is 460 g/mol. The number of carbonyl (C=O) groups excluding carboxylic acids is 1. The first-order chi connectivity index (χ1) is 17.7. The highest BCUT2D eigenvalue weighted by molar-refractivity contribution is 5.75. The van der Waals surface area contributed by atoms with E-state index in [0.29, 0.717) is 52.8 Å². The fourth-order valence-electron chi connectivity index (χ4n) is 10.5. The number of aliphatic hydroxyl groups is 2. The minimum Gasteiger partial charge on any atom is -0.393 e. The minimum atomic E-state index is -0.205. The Morgan fingerprint density at radius 3 is 2.49 bits per heavy atom. The third-order valence-electron chi connectivity index (χ3n) is 12.7.